The van der Waals surface area contributed by atoms with E-state index in [1.165, 1.54) is 0 Å². The first-order chi connectivity index (χ1) is 8.19. The summed E-state index contributed by atoms with van der Waals surface area (Å²) in [7, 11) is 0. The number of rotatable bonds is 7. The highest BCUT2D eigenvalue weighted by molar-refractivity contribution is 5.75. The van der Waals surface area contributed by atoms with Crippen molar-refractivity contribution >= 4 is 5.97 Å². The molecule has 0 saturated carbocycles. The molecule has 92 valence electrons. The molecule has 4 nitrogen and oxygen atoms in total. The standard InChI is InChI=1S/C13H17NO3/c1-3-8-14-12(13(15)16)10-6-5-7-11(9-10)17-4-2/h3,5-7,9,12,14H,1,4,8H2,2H3,(H,15,16). The molecule has 0 aromatic heterocycles. The first-order valence-corrected chi connectivity index (χ1v) is 5.49. The van der Waals surface area contributed by atoms with Crippen LogP contribution in [-0.4, -0.2) is 24.2 Å². The maximum absolute atomic E-state index is 11.1. The van der Waals surface area contributed by atoms with Crippen molar-refractivity contribution in [3.63, 3.8) is 0 Å². The van der Waals surface area contributed by atoms with Crippen molar-refractivity contribution in [3.8, 4) is 5.75 Å². The Balaban J connectivity index is 2.88. The second-order valence-corrected chi connectivity index (χ2v) is 3.47. The van der Waals surface area contributed by atoms with Gasteiger partial charge < -0.3 is 9.84 Å². The fraction of sp³-hybridized carbons (Fsp3) is 0.308. The average molecular weight is 235 g/mol. The van der Waals surface area contributed by atoms with E-state index < -0.39 is 12.0 Å². The lowest BCUT2D eigenvalue weighted by atomic mass is 10.1. The molecule has 0 bridgehead atoms. The summed E-state index contributed by atoms with van der Waals surface area (Å²) in [6, 6.07) is 6.34. The Hall–Kier alpha value is -1.81. The van der Waals surface area contributed by atoms with Crippen molar-refractivity contribution < 1.29 is 14.6 Å². The van der Waals surface area contributed by atoms with Crippen molar-refractivity contribution in [3.05, 3.63) is 42.5 Å². The molecule has 0 radical (unpaired) electrons. The number of hydrogen-bond acceptors (Lipinski definition) is 3. The van der Waals surface area contributed by atoms with Crippen LogP contribution in [0.15, 0.2) is 36.9 Å². The fourth-order valence-corrected chi connectivity index (χ4v) is 1.50. The van der Waals surface area contributed by atoms with Gasteiger partial charge in [-0.05, 0) is 24.6 Å². The van der Waals surface area contributed by atoms with Gasteiger partial charge in [-0.25, -0.2) is 0 Å². The monoisotopic (exact) mass is 235 g/mol. The largest absolute Gasteiger partial charge is 0.494 e. The second kappa shape index (κ2) is 6.70. The van der Waals surface area contributed by atoms with Gasteiger partial charge in [0.25, 0.3) is 0 Å². The van der Waals surface area contributed by atoms with E-state index in [0.29, 0.717) is 24.5 Å². The van der Waals surface area contributed by atoms with Crippen LogP contribution in [0.2, 0.25) is 0 Å². The van der Waals surface area contributed by atoms with E-state index in [-0.39, 0.29) is 0 Å². The highest BCUT2D eigenvalue weighted by Gasteiger charge is 2.18. The number of aliphatic carboxylic acids is 1. The third kappa shape index (κ3) is 3.92. The minimum absolute atomic E-state index is 0.440. The quantitative estimate of drug-likeness (QED) is 0.709. The Morgan fingerprint density at radius 2 is 2.41 bits per heavy atom. The molecule has 0 aliphatic rings. The zero-order valence-electron chi connectivity index (χ0n) is 9.85. The van der Waals surface area contributed by atoms with Gasteiger partial charge in [-0.1, -0.05) is 18.2 Å². The maximum atomic E-state index is 11.1. The molecule has 1 aromatic rings. The van der Waals surface area contributed by atoms with Crippen LogP contribution in [0, 0.1) is 0 Å². The Kier molecular flexibility index (Phi) is 5.23. The number of carboxylic acid groups (broad SMARTS) is 1. The molecule has 1 aromatic carbocycles. The van der Waals surface area contributed by atoms with E-state index in [4.69, 9.17) is 9.84 Å². The predicted octanol–water partition coefficient (Wildman–Crippen LogP) is 1.99. The van der Waals surface area contributed by atoms with Gasteiger partial charge in [0.15, 0.2) is 0 Å². The molecular formula is C13H17NO3. The second-order valence-electron chi connectivity index (χ2n) is 3.47. The molecule has 0 aliphatic heterocycles. The molecule has 17 heavy (non-hydrogen) atoms. The van der Waals surface area contributed by atoms with E-state index in [1.807, 2.05) is 6.92 Å². The Morgan fingerprint density at radius 1 is 1.65 bits per heavy atom. The van der Waals surface area contributed by atoms with Crippen LogP contribution in [0.1, 0.15) is 18.5 Å². The Labute approximate surface area is 101 Å². The molecule has 2 N–H and O–H groups in total. The van der Waals surface area contributed by atoms with Crippen LogP contribution in [0.25, 0.3) is 0 Å². The van der Waals surface area contributed by atoms with Crippen LogP contribution in [-0.2, 0) is 4.79 Å². The summed E-state index contributed by atoms with van der Waals surface area (Å²) in [5, 5.41) is 12.0. The summed E-state index contributed by atoms with van der Waals surface area (Å²) < 4.78 is 5.34. The van der Waals surface area contributed by atoms with E-state index in [0.717, 1.165) is 0 Å². The minimum atomic E-state index is -0.916. The SMILES string of the molecule is C=CCNC(C(=O)O)c1cccc(OCC)c1. The summed E-state index contributed by atoms with van der Waals surface area (Å²) in [6.45, 7) is 6.44. The lowest BCUT2D eigenvalue weighted by Gasteiger charge is -2.14. The van der Waals surface area contributed by atoms with Crippen molar-refractivity contribution in [2.75, 3.05) is 13.2 Å². The number of carbonyl (C=O) groups is 1. The Morgan fingerprint density at radius 3 is 3.00 bits per heavy atom. The van der Waals surface area contributed by atoms with Crippen molar-refractivity contribution in [2.24, 2.45) is 0 Å². The minimum Gasteiger partial charge on any atom is -0.494 e. The van der Waals surface area contributed by atoms with E-state index in [9.17, 15) is 4.79 Å². The van der Waals surface area contributed by atoms with Gasteiger partial charge in [0, 0.05) is 6.54 Å². The molecule has 0 spiro atoms. The first kappa shape index (κ1) is 13.3. The first-order valence-electron chi connectivity index (χ1n) is 5.49. The number of hydrogen-bond donors (Lipinski definition) is 2. The number of ether oxygens (including phenoxy) is 1. The zero-order valence-corrected chi connectivity index (χ0v) is 9.85. The van der Waals surface area contributed by atoms with Crippen LogP contribution >= 0.6 is 0 Å². The molecular weight excluding hydrogens is 218 g/mol. The summed E-state index contributed by atoms with van der Waals surface area (Å²) in [5.74, 6) is -0.239. The lowest BCUT2D eigenvalue weighted by Crippen LogP contribution is -2.28. The molecule has 0 heterocycles. The van der Waals surface area contributed by atoms with E-state index in [1.54, 1.807) is 30.3 Å². The van der Waals surface area contributed by atoms with E-state index >= 15 is 0 Å². The van der Waals surface area contributed by atoms with Crippen molar-refractivity contribution in [1.82, 2.24) is 5.32 Å². The van der Waals surface area contributed by atoms with Crippen LogP contribution in [0.3, 0.4) is 0 Å². The van der Waals surface area contributed by atoms with E-state index in [2.05, 4.69) is 11.9 Å². The predicted molar refractivity (Wildman–Crippen MR) is 66.2 cm³/mol. The van der Waals surface area contributed by atoms with Gasteiger partial charge in [0.2, 0.25) is 0 Å². The van der Waals surface area contributed by atoms with Crippen LogP contribution < -0.4 is 10.1 Å². The third-order valence-electron chi connectivity index (χ3n) is 2.22. The summed E-state index contributed by atoms with van der Waals surface area (Å²) in [4.78, 5) is 11.1. The molecule has 1 atom stereocenters. The molecule has 4 heteroatoms. The third-order valence-corrected chi connectivity index (χ3v) is 2.22. The average Bonchev–Trinajstić information content (AvgIpc) is 2.30. The van der Waals surface area contributed by atoms with Gasteiger partial charge in [-0.15, -0.1) is 6.58 Å². The lowest BCUT2D eigenvalue weighted by molar-refractivity contribution is -0.139. The van der Waals surface area contributed by atoms with Gasteiger partial charge in [0.05, 0.1) is 6.61 Å². The molecule has 0 saturated heterocycles. The summed E-state index contributed by atoms with van der Waals surface area (Å²) in [5.41, 5.74) is 0.672. The normalized spacial score (nSPS) is 11.8. The zero-order chi connectivity index (χ0) is 12.7. The van der Waals surface area contributed by atoms with Crippen LogP contribution in [0.5, 0.6) is 5.75 Å². The topological polar surface area (TPSA) is 58.6 Å². The highest BCUT2D eigenvalue weighted by Crippen LogP contribution is 2.19. The van der Waals surface area contributed by atoms with Crippen molar-refractivity contribution in [2.45, 2.75) is 13.0 Å². The number of carboxylic acids is 1. The van der Waals surface area contributed by atoms with Gasteiger partial charge >= 0.3 is 5.97 Å². The Bertz CT molecular complexity index is 390. The van der Waals surface area contributed by atoms with Crippen LogP contribution in [0.4, 0.5) is 0 Å². The van der Waals surface area contributed by atoms with Gasteiger partial charge in [-0.2, -0.15) is 0 Å². The fourth-order valence-electron chi connectivity index (χ4n) is 1.50. The smallest absolute Gasteiger partial charge is 0.325 e. The maximum Gasteiger partial charge on any atom is 0.325 e. The molecule has 0 amide bonds. The number of benzene rings is 1. The van der Waals surface area contributed by atoms with Crippen molar-refractivity contribution in [1.29, 1.82) is 0 Å². The molecule has 0 aliphatic carbocycles. The summed E-state index contributed by atoms with van der Waals surface area (Å²) in [6.07, 6.45) is 1.63. The summed E-state index contributed by atoms with van der Waals surface area (Å²) >= 11 is 0. The molecule has 0 fully saturated rings. The molecule has 1 unspecified atom stereocenters. The highest BCUT2D eigenvalue weighted by atomic mass is 16.5. The van der Waals surface area contributed by atoms with Gasteiger partial charge in [-0.3, -0.25) is 10.1 Å². The molecule has 1 rings (SSSR count). The number of nitrogens with one attached hydrogen (secondary N) is 1. The van der Waals surface area contributed by atoms with Gasteiger partial charge in [0.1, 0.15) is 11.8 Å².